The van der Waals surface area contributed by atoms with Crippen LogP contribution < -0.4 is 15.8 Å². The number of carbonyl (C=O) groups excluding carboxylic acids is 3. The third-order valence-corrected chi connectivity index (χ3v) is 4.59. The number of hydrazine groups is 1. The molecule has 0 fully saturated rings. The van der Waals surface area contributed by atoms with Gasteiger partial charge in [0.15, 0.2) is 0 Å². The monoisotopic (exact) mass is 422 g/mol. The standard InChI is InChI=1S/C23H26N4O4/c1-15(2)31-21(29)13-19(17-7-5-4-6-8-17)25-23(30)22-24-14-20(28)27(26-22)18-11-9-16(3)10-12-18/h4-12,15,19H,13-14H2,1-3H3,(H,24,26)(H,25,30). The van der Waals surface area contributed by atoms with Crippen LogP contribution in [0.4, 0.5) is 5.69 Å². The van der Waals surface area contributed by atoms with E-state index in [0.717, 1.165) is 11.1 Å². The number of aliphatic imine (C=N–C) groups is 1. The Kier molecular flexibility index (Phi) is 7.02. The summed E-state index contributed by atoms with van der Waals surface area (Å²) in [7, 11) is 0. The van der Waals surface area contributed by atoms with Gasteiger partial charge < -0.3 is 10.1 Å². The molecule has 1 unspecified atom stereocenters. The zero-order valence-corrected chi connectivity index (χ0v) is 17.8. The van der Waals surface area contributed by atoms with Crippen LogP contribution in [0.15, 0.2) is 59.6 Å². The van der Waals surface area contributed by atoms with Gasteiger partial charge in [0.05, 0.1) is 24.3 Å². The van der Waals surface area contributed by atoms with Crippen LogP contribution in [0.3, 0.4) is 0 Å². The molecule has 0 saturated heterocycles. The lowest BCUT2D eigenvalue weighted by Gasteiger charge is -2.28. The number of nitrogens with zero attached hydrogens (tertiary/aromatic N) is 2. The van der Waals surface area contributed by atoms with Gasteiger partial charge in [0.25, 0.3) is 11.8 Å². The minimum atomic E-state index is -0.602. The van der Waals surface area contributed by atoms with E-state index in [1.54, 1.807) is 26.0 Å². The molecule has 8 heteroatoms. The number of aryl methyl sites for hydroxylation is 1. The van der Waals surface area contributed by atoms with E-state index in [2.05, 4.69) is 15.7 Å². The Labute approximate surface area is 181 Å². The first-order valence-electron chi connectivity index (χ1n) is 10.1. The molecule has 31 heavy (non-hydrogen) atoms. The summed E-state index contributed by atoms with van der Waals surface area (Å²) in [6.45, 7) is 5.33. The van der Waals surface area contributed by atoms with Crippen molar-refractivity contribution in [1.29, 1.82) is 0 Å². The third kappa shape index (κ3) is 5.91. The molecule has 1 aliphatic heterocycles. The van der Waals surface area contributed by atoms with E-state index in [0.29, 0.717) is 5.69 Å². The second-order valence-electron chi connectivity index (χ2n) is 7.52. The van der Waals surface area contributed by atoms with Crippen molar-refractivity contribution in [3.8, 4) is 0 Å². The topological polar surface area (TPSA) is 100 Å². The molecule has 2 N–H and O–H groups in total. The summed E-state index contributed by atoms with van der Waals surface area (Å²) >= 11 is 0. The van der Waals surface area contributed by atoms with Crippen molar-refractivity contribution < 1.29 is 19.1 Å². The number of hydrogen-bond donors (Lipinski definition) is 2. The largest absolute Gasteiger partial charge is 0.463 e. The number of rotatable bonds is 7. The number of benzene rings is 2. The van der Waals surface area contributed by atoms with E-state index < -0.39 is 17.9 Å². The van der Waals surface area contributed by atoms with Crippen LogP contribution >= 0.6 is 0 Å². The zero-order valence-electron chi connectivity index (χ0n) is 17.8. The van der Waals surface area contributed by atoms with Crippen LogP contribution in [0.5, 0.6) is 0 Å². The number of nitrogens with one attached hydrogen (secondary N) is 2. The molecule has 0 spiro atoms. The van der Waals surface area contributed by atoms with E-state index in [1.807, 2.05) is 49.4 Å². The molecule has 2 amide bonds. The lowest BCUT2D eigenvalue weighted by molar-refractivity contribution is -0.148. The van der Waals surface area contributed by atoms with Gasteiger partial charge in [-0.05, 0) is 38.5 Å². The van der Waals surface area contributed by atoms with Gasteiger partial charge in [-0.3, -0.25) is 24.8 Å². The first-order chi connectivity index (χ1) is 14.8. The first kappa shape index (κ1) is 22.0. The van der Waals surface area contributed by atoms with E-state index in [-0.39, 0.29) is 30.8 Å². The summed E-state index contributed by atoms with van der Waals surface area (Å²) in [6, 6.07) is 15.9. The molecule has 1 atom stereocenters. The highest BCUT2D eigenvalue weighted by Crippen LogP contribution is 2.19. The molecule has 0 aromatic heterocycles. The van der Waals surface area contributed by atoms with Gasteiger partial charge in [-0.1, -0.05) is 48.0 Å². The van der Waals surface area contributed by atoms with Crippen molar-refractivity contribution >= 4 is 29.3 Å². The molecule has 1 aliphatic rings. The van der Waals surface area contributed by atoms with Gasteiger partial charge in [0.1, 0.15) is 6.54 Å². The fraction of sp³-hybridized carbons (Fsp3) is 0.304. The normalized spacial score (nSPS) is 14.5. The highest BCUT2D eigenvalue weighted by molar-refractivity contribution is 6.39. The number of amides is 2. The zero-order chi connectivity index (χ0) is 22.4. The molecule has 162 valence electrons. The number of hydrogen-bond acceptors (Lipinski definition) is 6. The molecular formula is C23H26N4O4. The smallest absolute Gasteiger partial charge is 0.308 e. The highest BCUT2D eigenvalue weighted by atomic mass is 16.5. The second-order valence-corrected chi connectivity index (χ2v) is 7.52. The Morgan fingerprint density at radius 2 is 1.81 bits per heavy atom. The minimum Gasteiger partial charge on any atom is -0.463 e. The van der Waals surface area contributed by atoms with Crippen molar-refractivity contribution in [3.63, 3.8) is 0 Å². The summed E-state index contributed by atoms with van der Waals surface area (Å²) < 4.78 is 5.24. The van der Waals surface area contributed by atoms with E-state index in [9.17, 15) is 14.4 Å². The molecule has 0 saturated carbocycles. The van der Waals surface area contributed by atoms with Gasteiger partial charge in [-0.15, -0.1) is 0 Å². The Morgan fingerprint density at radius 3 is 2.45 bits per heavy atom. The number of ether oxygens (including phenoxy) is 1. The number of carbonyl (C=O) groups is 3. The summed E-state index contributed by atoms with van der Waals surface area (Å²) in [6.07, 6.45) is -0.278. The molecule has 3 rings (SSSR count). The maximum absolute atomic E-state index is 12.9. The Morgan fingerprint density at radius 1 is 1.13 bits per heavy atom. The molecule has 0 aliphatic carbocycles. The molecule has 2 aromatic carbocycles. The quantitative estimate of drug-likeness (QED) is 0.668. The minimum absolute atomic E-state index is 0.00154. The van der Waals surface area contributed by atoms with E-state index in [1.165, 1.54) is 5.01 Å². The van der Waals surface area contributed by atoms with Crippen molar-refractivity contribution in [2.24, 2.45) is 4.99 Å². The summed E-state index contributed by atoms with van der Waals surface area (Å²) in [4.78, 5) is 41.5. The van der Waals surface area contributed by atoms with E-state index >= 15 is 0 Å². The average Bonchev–Trinajstić information content (AvgIpc) is 2.74. The van der Waals surface area contributed by atoms with Crippen molar-refractivity contribution in [2.45, 2.75) is 39.3 Å². The molecule has 0 bridgehead atoms. The maximum Gasteiger partial charge on any atom is 0.308 e. The SMILES string of the molecule is Cc1ccc(N2NC(C(=O)NC(CC(=O)OC(C)C)c3ccccc3)=NCC2=O)cc1. The lowest BCUT2D eigenvalue weighted by Crippen LogP contribution is -2.56. The summed E-state index contributed by atoms with van der Waals surface area (Å²) in [5.74, 6) is -1.21. The van der Waals surface area contributed by atoms with Crippen molar-refractivity contribution in [2.75, 3.05) is 11.6 Å². The van der Waals surface area contributed by atoms with Gasteiger partial charge in [0.2, 0.25) is 5.84 Å². The van der Waals surface area contributed by atoms with Gasteiger partial charge in [-0.25, -0.2) is 5.01 Å². The predicted molar refractivity (Wildman–Crippen MR) is 117 cm³/mol. The highest BCUT2D eigenvalue weighted by Gasteiger charge is 2.28. The number of esters is 1. The molecular weight excluding hydrogens is 396 g/mol. The van der Waals surface area contributed by atoms with Crippen LogP contribution in [0.2, 0.25) is 0 Å². The van der Waals surface area contributed by atoms with Crippen LogP contribution in [0, 0.1) is 6.92 Å². The molecule has 8 nitrogen and oxygen atoms in total. The first-order valence-corrected chi connectivity index (χ1v) is 10.1. The Hall–Kier alpha value is -3.68. The summed E-state index contributed by atoms with van der Waals surface area (Å²) in [5, 5.41) is 4.13. The number of anilines is 1. The fourth-order valence-electron chi connectivity index (χ4n) is 3.09. The number of amidine groups is 1. The Balaban J connectivity index is 1.75. The van der Waals surface area contributed by atoms with Gasteiger partial charge in [0, 0.05) is 0 Å². The molecule has 2 aromatic rings. The van der Waals surface area contributed by atoms with Crippen molar-refractivity contribution in [3.05, 3.63) is 65.7 Å². The Bertz CT molecular complexity index is 971. The van der Waals surface area contributed by atoms with E-state index in [4.69, 9.17) is 4.74 Å². The fourth-order valence-corrected chi connectivity index (χ4v) is 3.09. The second kappa shape index (κ2) is 9.88. The van der Waals surface area contributed by atoms with Crippen molar-refractivity contribution in [1.82, 2.24) is 10.7 Å². The maximum atomic E-state index is 12.9. The van der Waals surface area contributed by atoms with Gasteiger partial charge in [-0.2, -0.15) is 0 Å². The predicted octanol–water partition coefficient (Wildman–Crippen LogP) is 2.44. The van der Waals surface area contributed by atoms with Crippen LogP contribution in [0.1, 0.15) is 37.4 Å². The van der Waals surface area contributed by atoms with Gasteiger partial charge >= 0.3 is 5.97 Å². The van der Waals surface area contributed by atoms with Crippen LogP contribution in [-0.4, -0.2) is 36.3 Å². The van der Waals surface area contributed by atoms with Crippen LogP contribution in [-0.2, 0) is 19.1 Å². The summed E-state index contributed by atoms with van der Waals surface area (Å²) in [5.41, 5.74) is 5.21. The molecule has 1 heterocycles. The molecule has 0 radical (unpaired) electrons. The van der Waals surface area contributed by atoms with Crippen LogP contribution in [0.25, 0.3) is 0 Å². The third-order valence-electron chi connectivity index (χ3n) is 4.59. The average molecular weight is 422 g/mol. The lowest BCUT2D eigenvalue weighted by atomic mass is 10.0.